The normalized spacial score (nSPS) is 11.7. The van der Waals surface area contributed by atoms with Crippen molar-refractivity contribution in [2.24, 2.45) is 0 Å². The predicted molar refractivity (Wildman–Crippen MR) is 151 cm³/mol. The molecule has 1 heterocycles. The van der Waals surface area contributed by atoms with Gasteiger partial charge in [0.05, 0.1) is 5.60 Å². The Labute approximate surface area is 222 Å². The lowest BCUT2D eigenvalue weighted by Gasteiger charge is -2.34. The zero-order chi connectivity index (χ0) is 27.6. The fourth-order valence-electron chi connectivity index (χ4n) is 5.11. The van der Waals surface area contributed by atoms with E-state index in [2.05, 4.69) is 88.1 Å². The van der Waals surface area contributed by atoms with Crippen LogP contribution in [0.5, 0.6) is 0 Å². The van der Waals surface area contributed by atoms with Crippen LogP contribution in [0.4, 0.5) is 0 Å². The number of aromatic nitrogens is 1. The summed E-state index contributed by atoms with van der Waals surface area (Å²) in [5, 5.41) is 10.6. The highest BCUT2D eigenvalue weighted by Gasteiger charge is 2.31. The van der Waals surface area contributed by atoms with Gasteiger partial charge < -0.3 is 5.11 Å². The maximum Gasteiger partial charge on any atom is 0.373 e. The molecule has 2 aromatic carbocycles. The van der Waals surface area contributed by atoms with Gasteiger partial charge in [0.25, 0.3) is 0 Å². The van der Waals surface area contributed by atoms with E-state index < -0.39 is 5.60 Å². The highest BCUT2D eigenvalue weighted by molar-refractivity contribution is 5.68. The number of carbonyl (C=O) groups excluding carboxylic acids is 2. The van der Waals surface area contributed by atoms with Crippen LogP contribution in [-0.2, 0) is 15.0 Å². The van der Waals surface area contributed by atoms with E-state index >= 15 is 0 Å². The first-order chi connectivity index (χ1) is 17.6. The van der Waals surface area contributed by atoms with Gasteiger partial charge in [-0.25, -0.2) is 0 Å². The maximum atomic E-state index is 10.6. The summed E-state index contributed by atoms with van der Waals surface area (Å²) in [5.41, 5.74) is 9.27. The molecule has 0 atom stereocenters. The van der Waals surface area contributed by atoms with Crippen molar-refractivity contribution in [3.63, 3.8) is 0 Å². The van der Waals surface area contributed by atoms with E-state index in [0.717, 1.165) is 25.7 Å². The fraction of sp³-hybridized carbons (Fsp3) is 0.394. The summed E-state index contributed by atoms with van der Waals surface area (Å²) in [4.78, 5) is 20.6. The lowest BCUT2D eigenvalue weighted by Crippen LogP contribution is -2.26. The van der Waals surface area contributed by atoms with Gasteiger partial charge in [0.1, 0.15) is 0 Å². The van der Waals surface area contributed by atoms with Gasteiger partial charge in [0.2, 0.25) is 0 Å². The number of aliphatic hydroxyl groups is 1. The van der Waals surface area contributed by atoms with Crippen molar-refractivity contribution >= 4 is 12.2 Å². The van der Waals surface area contributed by atoms with E-state index in [0.29, 0.717) is 0 Å². The maximum absolute atomic E-state index is 10.6. The molecule has 196 valence electrons. The summed E-state index contributed by atoms with van der Waals surface area (Å²) in [7, 11) is 0. The van der Waals surface area contributed by atoms with Crippen molar-refractivity contribution in [2.75, 3.05) is 0 Å². The predicted octanol–water partition coefficient (Wildman–Crippen LogP) is 7.76. The lowest BCUT2D eigenvalue weighted by molar-refractivity contribution is -0.191. The Morgan fingerprint density at radius 3 is 1.86 bits per heavy atom. The lowest BCUT2D eigenvalue weighted by atomic mass is 9.69. The number of rotatable bonds is 9. The molecule has 0 aliphatic rings. The average molecular weight is 500 g/mol. The molecule has 4 nitrogen and oxygen atoms in total. The third-order valence-corrected chi connectivity index (χ3v) is 7.79. The van der Waals surface area contributed by atoms with Crippen LogP contribution >= 0.6 is 0 Å². The van der Waals surface area contributed by atoms with Crippen molar-refractivity contribution in [1.82, 2.24) is 4.98 Å². The van der Waals surface area contributed by atoms with Gasteiger partial charge in [-0.2, -0.15) is 9.59 Å². The molecule has 0 spiro atoms. The molecule has 0 aliphatic carbocycles. The fourth-order valence-corrected chi connectivity index (χ4v) is 5.11. The van der Waals surface area contributed by atoms with Gasteiger partial charge in [-0.1, -0.05) is 76.2 Å². The summed E-state index contributed by atoms with van der Waals surface area (Å²) < 4.78 is 0. The van der Waals surface area contributed by atoms with Gasteiger partial charge in [0, 0.05) is 23.4 Å². The van der Waals surface area contributed by atoms with E-state index in [9.17, 15) is 5.11 Å². The smallest absolute Gasteiger partial charge is 0.373 e. The van der Waals surface area contributed by atoms with Crippen LogP contribution in [0.3, 0.4) is 0 Å². The Balaban J connectivity index is 0.00000153. The van der Waals surface area contributed by atoms with Gasteiger partial charge in [0.15, 0.2) is 0 Å². The molecular weight excluding hydrogens is 458 g/mol. The van der Waals surface area contributed by atoms with Crippen LogP contribution in [0.1, 0.15) is 86.8 Å². The van der Waals surface area contributed by atoms with Crippen LogP contribution in [0.2, 0.25) is 0 Å². The molecule has 0 unspecified atom stereocenters. The largest absolute Gasteiger partial charge is 0.386 e. The number of nitrogens with zero attached hydrogens (tertiary/aromatic N) is 1. The molecule has 0 amide bonds. The number of hydrogen-bond donors (Lipinski definition) is 1. The average Bonchev–Trinajstić information content (AvgIpc) is 2.89. The van der Waals surface area contributed by atoms with E-state index in [1.165, 1.54) is 44.5 Å². The summed E-state index contributed by atoms with van der Waals surface area (Å²) >= 11 is 0. The molecule has 0 saturated heterocycles. The minimum Gasteiger partial charge on any atom is -0.386 e. The van der Waals surface area contributed by atoms with Crippen molar-refractivity contribution in [3.8, 4) is 11.1 Å². The molecule has 37 heavy (non-hydrogen) atoms. The zero-order valence-corrected chi connectivity index (χ0v) is 23.4. The quantitative estimate of drug-likeness (QED) is 0.327. The second-order valence-electron chi connectivity index (χ2n) is 9.87. The second kappa shape index (κ2) is 13.3. The van der Waals surface area contributed by atoms with Crippen LogP contribution in [0.15, 0.2) is 60.9 Å². The van der Waals surface area contributed by atoms with E-state index in [4.69, 9.17) is 9.59 Å². The van der Waals surface area contributed by atoms with E-state index in [1.54, 1.807) is 0 Å². The van der Waals surface area contributed by atoms with E-state index in [1.807, 2.05) is 32.3 Å². The summed E-state index contributed by atoms with van der Waals surface area (Å²) in [6.45, 7) is 15.1. The first-order valence-electron chi connectivity index (χ1n) is 13.2. The van der Waals surface area contributed by atoms with Crippen LogP contribution in [-0.4, -0.2) is 21.8 Å². The first-order valence-corrected chi connectivity index (χ1v) is 13.2. The van der Waals surface area contributed by atoms with Crippen molar-refractivity contribution < 1.29 is 14.7 Å². The van der Waals surface area contributed by atoms with Gasteiger partial charge in [-0.05, 0) is 91.5 Å². The van der Waals surface area contributed by atoms with Crippen LogP contribution < -0.4 is 0 Å². The highest BCUT2D eigenvalue weighted by Crippen LogP contribution is 2.41. The molecule has 1 aromatic heterocycles. The molecule has 0 saturated carbocycles. The van der Waals surface area contributed by atoms with Crippen LogP contribution in [0.25, 0.3) is 17.2 Å². The molecule has 0 fully saturated rings. The minimum absolute atomic E-state index is 0.0330. The molecule has 3 aromatic rings. The van der Waals surface area contributed by atoms with Crippen molar-refractivity contribution in [2.45, 2.75) is 85.2 Å². The molecule has 0 bridgehead atoms. The molecule has 4 heteroatoms. The molecule has 3 rings (SSSR count). The third kappa shape index (κ3) is 6.91. The van der Waals surface area contributed by atoms with Gasteiger partial charge in [-0.15, -0.1) is 0 Å². The number of aryl methyl sites for hydroxylation is 3. The summed E-state index contributed by atoms with van der Waals surface area (Å²) in [5.74, 6) is 0. The topological polar surface area (TPSA) is 67.3 Å². The van der Waals surface area contributed by atoms with Crippen molar-refractivity contribution in [1.29, 1.82) is 0 Å². The molecular formula is C33H41NO3. The minimum atomic E-state index is -0.728. The van der Waals surface area contributed by atoms with Gasteiger partial charge >= 0.3 is 6.15 Å². The standard InChI is InChI=1S/C32H41NO.CO2/c1-8-31(34,9-2)17-16-26-12-13-28(19-24(26)6)32(10-3,11-4)29-14-15-30(25(7)20-29)27-18-23(5)21-33-22-27;2-1-3/h12-22,34H,8-11H2,1-7H3;/b17-16+;. The van der Waals surface area contributed by atoms with Crippen LogP contribution in [0, 0.1) is 20.8 Å². The first kappa shape index (κ1) is 29.9. The Hall–Kier alpha value is -3.33. The van der Waals surface area contributed by atoms with E-state index in [-0.39, 0.29) is 11.6 Å². The number of benzene rings is 2. The van der Waals surface area contributed by atoms with Crippen molar-refractivity contribution in [3.05, 3.63) is 94.3 Å². The highest BCUT2D eigenvalue weighted by atomic mass is 16.3. The molecule has 0 aliphatic heterocycles. The Kier molecular flexibility index (Phi) is 10.7. The second-order valence-corrected chi connectivity index (χ2v) is 9.87. The Bertz CT molecular complexity index is 1240. The Morgan fingerprint density at radius 2 is 1.38 bits per heavy atom. The van der Waals surface area contributed by atoms with Gasteiger partial charge in [-0.3, -0.25) is 4.98 Å². The number of pyridine rings is 1. The zero-order valence-electron chi connectivity index (χ0n) is 23.4. The molecule has 1 N–H and O–H groups in total. The third-order valence-electron chi connectivity index (χ3n) is 7.79. The summed E-state index contributed by atoms with van der Waals surface area (Å²) in [6.07, 6.45) is 11.7. The monoisotopic (exact) mass is 499 g/mol. The molecule has 0 radical (unpaired) electrons. The SMILES string of the molecule is CCC(O)(/C=C/c1ccc(C(CC)(CC)c2ccc(-c3cncc(C)c3)c(C)c2)cc1C)CC.O=C=O. The summed E-state index contributed by atoms with van der Waals surface area (Å²) in [6, 6.07) is 16.0. The number of hydrogen-bond acceptors (Lipinski definition) is 4. The Morgan fingerprint density at radius 1 is 0.811 bits per heavy atom.